The van der Waals surface area contributed by atoms with E-state index >= 15 is 0 Å². The number of rotatable bonds is 5. The second-order valence-electron chi connectivity index (χ2n) is 8.60. The normalized spacial score (nSPS) is 20.1. The van der Waals surface area contributed by atoms with Crippen molar-refractivity contribution in [3.05, 3.63) is 35.0 Å². The summed E-state index contributed by atoms with van der Waals surface area (Å²) in [5, 5.41) is 8.40. The fourth-order valence-corrected chi connectivity index (χ4v) is 4.75. The van der Waals surface area contributed by atoms with Crippen LogP contribution < -0.4 is 0 Å². The molecule has 2 aromatic rings. The molecule has 4 heterocycles. The highest BCUT2D eigenvalue weighted by atomic mass is 16.5. The summed E-state index contributed by atoms with van der Waals surface area (Å²) < 4.78 is 12.6. The van der Waals surface area contributed by atoms with Crippen LogP contribution in [0, 0.1) is 13.8 Å². The fraction of sp³-hybridized carbons (Fsp3) is 0.636. The van der Waals surface area contributed by atoms with Crippen LogP contribution in [-0.2, 0) is 16.1 Å². The zero-order chi connectivity index (χ0) is 22.0. The summed E-state index contributed by atoms with van der Waals surface area (Å²) in [4.78, 5) is 29.7. The van der Waals surface area contributed by atoms with Crippen LogP contribution in [0.25, 0.3) is 0 Å². The molecular formula is C22H31N5O4. The molecule has 2 aliphatic heterocycles. The van der Waals surface area contributed by atoms with Crippen LogP contribution in [0.1, 0.15) is 60.0 Å². The number of likely N-dealkylation sites (tertiary alicyclic amines) is 1. The first kappa shape index (κ1) is 21.5. The molecule has 9 nitrogen and oxygen atoms in total. The first-order valence-electron chi connectivity index (χ1n) is 11.0. The van der Waals surface area contributed by atoms with Crippen LogP contribution in [-0.4, -0.2) is 74.9 Å². The lowest BCUT2D eigenvalue weighted by atomic mass is 9.98. The lowest BCUT2D eigenvalue weighted by molar-refractivity contribution is -0.137. The predicted molar refractivity (Wildman–Crippen MR) is 113 cm³/mol. The summed E-state index contributed by atoms with van der Waals surface area (Å²) in [6.07, 6.45) is 7.16. The van der Waals surface area contributed by atoms with Crippen molar-refractivity contribution in [2.24, 2.45) is 0 Å². The van der Waals surface area contributed by atoms with Gasteiger partial charge in [0.05, 0.1) is 12.7 Å². The van der Waals surface area contributed by atoms with Crippen molar-refractivity contribution in [2.75, 3.05) is 26.3 Å². The quantitative estimate of drug-likeness (QED) is 0.723. The summed E-state index contributed by atoms with van der Waals surface area (Å²) in [5.74, 6) is 0.548. The monoisotopic (exact) mass is 429 g/mol. The summed E-state index contributed by atoms with van der Waals surface area (Å²) >= 11 is 0. The Morgan fingerprint density at radius 2 is 1.97 bits per heavy atom. The van der Waals surface area contributed by atoms with Gasteiger partial charge in [0, 0.05) is 57.1 Å². The first-order chi connectivity index (χ1) is 14.9. The molecule has 2 amide bonds. The maximum Gasteiger partial charge on any atom is 0.276 e. The number of hydrogen-bond acceptors (Lipinski definition) is 6. The van der Waals surface area contributed by atoms with Gasteiger partial charge >= 0.3 is 0 Å². The number of aromatic nitrogens is 3. The molecule has 2 aromatic heterocycles. The molecule has 0 radical (unpaired) electrons. The Bertz CT molecular complexity index is 930. The lowest BCUT2D eigenvalue weighted by Gasteiger charge is -2.43. The highest BCUT2D eigenvalue weighted by Gasteiger charge is 2.35. The maximum atomic E-state index is 13.4. The van der Waals surface area contributed by atoms with E-state index in [2.05, 4.69) is 10.3 Å². The Morgan fingerprint density at radius 3 is 2.65 bits per heavy atom. The van der Waals surface area contributed by atoms with Crippen LogP contribution >= 0.6 is 0 Å². The Morgan fingerprint density at radius 1 is 1.19 bits per heavy atom. The molecule has 0 aromatic carbocycles. The molecule has 0 aliphatic carbocycles. The van der Waals surface area contributed by atoms with Crippen molar-refractivity contribution in [1.29, 1.82) is 0 Å². The van der Waals surface area contributed by atoms with Crippen LogP contribution in [0.4, 0.5) is 0 Å². The molecule has 0 saturated carbocycles. The van der Waals surface area contributed by atoms with Gasteiger partial charge in [0.25, 0.3) is 5.91 Å². The van der Waals surface area contributed by atoms with Crippen molar-refractivity contribution < 1.29 is 18.8 Å². The number of carbonyl (C=O) groups excluding carboxylic acids is 2. The molecule has 31 heavy (non-hydrogen) atoms. The van der Waals surface area contributed by atoms with Gasteiger partial charge in [0.15, 0.2) is 5.69 Å². The highest BCUT2D eigenvalue weighted by molar-refractivity contribution is 5.94. The molecule has 2 fully saturated rings. The zero-order valence-corrected chi connectivity index (χ0v) is 18.5. The van der Waals surface area contributed by atoms with E-state index in [0.717, 1.165) is 36.8 Å². The second-order valence-corrected chi connectivity index (χ2v) is 8.60. The minimum atomic E-state index is -0.143. The van der Waals surface area contributed by atoms with Gasteiger partial charge in [-0.3, -0.25) is 14.3 Å². The van der Waals surface area contributed by atoms with Crippen LogP contribution in [0.3, 0.4) is 0 Å². The number of piperidine rings is 1. The molecule has 0 bridgehead atoms. The van der Waals surface area contributed by atoms with Gasteiger partial charge in [-0.1, -0.05) is 5.16 Å². The number of amides is 2. The van der Waals surface area contributed by atoms with Crippen molar-refractivity contribution in [3.63, 3.8) is 0 Å². The number of ether oxygens (including phenoxy) is 1. The number of aryl methyl sites for hydroxylation is 2. The summed E-state index contributed by atoms with van der Waals surface area (Å²) in [5.41, 5.74) is 2.15. The largest absolute Gasteiger partial charge is 0.381 e. The average molecular weight is 430 g/mol. The van der Waals surface area contributed by atoms with Gasteiger partial charge in [0.1, 0.15) is 5.76 Å². The fourth-order valence-electron chi connectivity index (χ4n) is 4.75. The molecule has 9 heteroatoms. The second kappa shape index (κ2) is 9.21. The standard InChI is InChI=1S/C22H31N5O4/c1-15-11-23-26(12-15)14-20-16(2)31-24-21(20)22(29)25-8-4-5-19(13-25)27(17(3)28)18-6-9-30-10-7-18/h11-12,18-19H,4-10,13-14H2,1-3H3. The summed E-state index contributed by atoms with van der Waals surface area (Å²) in [7, 11) is 0. The first-order valence-corrected chi connectivity index (χ1v) is 11.0. The topological polar surface area (TPSA) is 93.7 Å². The van der Waals surface area contributed by atoms with Crippen LogP contribution in [0.15, 0.2) is 16.9 Å². The van der Waals surface area contributed by atoms with Gasteiger partial charge in [-0.25, -0.2) is 0 Å². The Labute approximate surface area is 182 Å². The molecule has 0 N–H and O–H groups in total. The zero-order valence-electron chi connectivity index (χ0n) is 18.5. The SMILES string of the molecule is CC(=O)N(C1CCOCC1)C1CCCN(C(=O)c2noc(C)c2Cn2cc(C)cn2)C1. The number of carbonyl (C=O) groups is 2. The van der Waals surface area contributed by atoms with Gasteiger partial charge < -0.3 is 19.1 Å². The van der Waals surface area contributed by atoms with E-state index in [1.807, 2.05) is 29.8 Å². The number of nitrogens with zero attached hydrogens (tertiary/aromatic N) is 5. The van der Waals surface area contributed by atoms with Gasteiger partial charge in [0.2, 0.25) is 5.91 Å². The molecule has 168 valence electrons. The van der Waals surface area contributed by atoms with Crippen molar-refractivity contribution in [1.82, 2.24) is 24.7 Å². The van der Waals surface area contributed by atoms with Gasteiger partial charge in [-0.2, -0.15) is 5.10 Å². The lowest BCUT2D eigenvalue weighted by Crippen LogP contribution is -2.55. The van der Waals surface area contributed by atoms with Gasteiger partial charge in [-0.05, 0) is 45.1 Å². The minimum Gasteiger partial charge on any atom is -0.381 e. The number of hydrogen-bond donors (Lipinski definition) is 0. The minimum absolute atomic E-state index is 0.0171. The Kier molecular flexibility index (Phi) is 6.41. The van der Waals surface area contributed by atoms with E-state index in [4.69, 9.17) is 9.26 Å². The van der Waals surface area contributed by atoms with Crippen LogP contribution in [0.5, 0.6) is 0 Å². The van der Waals surface area contributed by atoms with E-state index in [0.29, 0.717) is 44.3 Å². The third-order valence-corrected chi connectivity index (χ3v) is 6.29. The van der Waals surface area contributed by atoms with Crippen molar-refractivity contribution in [2.45, 2.75) is 65.1 Å². The van der Waals surface area contributed by atoms with E-state index in [9.17, 15) is 9.59 Å². The Balaban J connectivity index is 1.50. The summed E-state index contributed by atoms with van der Waals surface area (Å²) in [6.45, 7) is 8.38. The molecule has 2 aliphatic rings. The predicted octanol–water partition coefficient (Wildman–Crippen LogP) is 2.17. The molecule has 4 rings (SSSR count). The molecule has 0 spiro atoms. The molecule has 1 unspecified atom stereocenters. The van der Waals surface area contributed by atoms with E-state index in [-0.39, 0.29) is 23.9 Å². The average Bonchev–Trinajstić information content (AvgIpc) is 3.34. The van der Waals surface area contributed by atoms with E-state index < -0.39 is 0 Å². The van der Waals surface area contributed by atoms with E-state index in [1.165, 1.54) is 0 Å². The van der Waals surface area contributed by atoms with E-state index in [1.54, 1.807) is 17.8 Å². The third-order valence-electron chi connectivity index (χ3n) is 6.29. The summed E-state index contributed by atoms with van der Waals surface area (Å²) in [6, 6.07) is 0.197. The molecular weight excluding hydrogens is 398 g/mol. The van der Waals surface area contributed by atoms with Crippen molar-refractivity contribution in [3.8, 4) is 0 Å². The van der Waals surface area contributed by atoms with Crippen molar-refractivity contribution >= 4 is 11.8 Å². The highest BCUT2D eigenvalue weighted by Crippen LogP contribution is 2.25. The Hall–Kier alpha value is -2.68. The van der Waals surface area contributed by atoms with Crippen LogP contribution in [0.2, 0.25) is 0 Å². The molecule has 2 saturated heterocycles. The smallest absolute Gasteiger partial charge is 0.276 e. The van der Waals surface area contributed by atoms with Gasteiger partial charge in [-0.15, -0.1) is 0 Å². The molecule has 1 atom stereocenters. The maximum absolute atomic E-state index is 13.4. The third kappa shape index (κ3) is 4.66.